The van der Waals surface area contributed by atoms with Gasteiger partial charge in [-0.15, -0.1) is 16.4 Å². The van der Waals surface area contributed by atoms with Crippen LogP contribution < -0.4 is 5.32 Å². The molecule has 3 aromatic rings. The van der Waals surface area contributed by atoms with Crippen molar-refractivity contribution in [3.8, 4) is 5.69 Å². The first-order chi connectivity index (χ1) is 9.34. The molecule has 0 atom stereocenters. The minimum atomic E-state index is -0.242. The Balaban J connectivity index is 1.92. The van der Waals surface area contributed by atoms with E-state index in [2.05, 4.69) is 20.6 Å². The Morgan fingerprint density at radius 2 is 2.21 bits per heavy atom. The van der Waals surface area contributed by atoms with Crippen LogP contribution >= 0.6 is 11.3 Å². The van der Waals surface area contributed by atoms with Gasteiger partial charge >= 0.3 is 0 Å². The highest BCUT2D eigenvalue weighted by molar-refractivity contribution is 7.07. The molecule has 2 aromatic heterocycles. The fourth-order valence-electron chi connectivity index (χ4n) is 1.63. The summed E-state index contributed by atoms with van der Waals surface area (Å²) in [5, 5.41) is 12.2. The van der Waals surface area contributed by atoms with Crippen molar-refractivity contribution in [2.75, 3.05) is 5.32 Å². The number of hydrogen-bond acceptors (Lipinski definition) is 5. The van der Waals surface area contributed by atoms with Gasteiger partial charge in [0.05, 0.1) is 29.3 Å². The SMILES string of the molecule is O=C(Nc1ccccc1-n1ccnn1)c1cscn1. The van der Waals surface area contributed by atoms with Gasteiger partial charge in [0.1, 0.15) is 5.69 Å². The first kappa shape index (κ1) is 11.5. The summed E-state index contributed by atoms with van der Waals surface area (Å²) in [7, 11) is 0. The molecule has 1 aromatic carbocycles. The van der Waals surface area contributed by atoms with Crippen LogP contribution in [0.2, 0.25) is 0 Å². The highest BCUT2D eigenvalue weighted by Gasteiger charge is 2.11. The van der Waals surface area contributed by atoms with Crippen LogP contribution in [0.25, 0.3) is 5.69 Å². The molecule has 6 nitrogen and oxygen atoms in total. The van der Waals surface area contributed by atoms with Crippen molar-refractivity contribution >= 4 is 22.9 Å². The van der Waals surface area contributed by atoms with Crippen molar-refractivity contribution < 1.29 is 4.79 Å². The van der Waals surface area contributed by atoms with E-state index >= 15 is 0 Å². The summed E-state index contributed by atoms with van der Waals surface area (Å²) in [6.45, 7) is 0. The number of hydrogen-bond donors (Lipinski definition) is 1. The summed E-state index contributed by atoms with van der Waals surface area (Å²) < 4.78 is 1.59. The van der Waals surface area contributed by atoms with Gasteiger partial charge in [0.15, 0.2) is 0 Å². The third kappa shape index (κ3) is 2.36. The predicted octanol–water partition coefficient (Wildman–Crippen LogP) is 1.98. The molecule has 1 N–H and O–H groups in total. The maximum atomic E-state index is 12.0. The summed E-state index contributed by atoms with van der Waals surface area (Å²) >= 11 is 1.38. The molecule has 7 heteroatoms. The third-order valence-corrected chi connectivity index (χ3v) is 3.07. The quantitative estimate of drug-likeness (QED) is 0.790. The second-order valence-corrected chi connectivity index (χ2v) is 4.41. The number of benzene rings is 1. The fraction of sp³-hybridized carbons (Fsp3) is 0. The fourth-order valence-corrected chi connectivity index (χ4v) is 2.16. The minimum absolute atomic E-state index is 0.242. The number of nitrogens with one attached hydrogen (secondary N) is 1. The van der Waals surface area contributed by atoms with E-state index in [4.69, 9.17) is 0 Å². The number of rotatable bonds is 3. The Morgan fingerprint density at radius 1 is 1.32 bits per heavy atom. The van der Waals surface area contributed by atoms with Crippen LogP contribution in [0.15, 0.2) is 47.5 Å². The summed E-state index contributed by atoms with van der Waals surface area (Å²) in [5.41, 5.74) is 3.44. The molecule has 2 heterocycles. The van der Waals surface area contributed by atoms with Gasteiger partial charge in [-0.05, 0) is 12.1 Å². The van der Waals surface area contributed by atoms with E-state index in [0.29, 0.717) is 11.4 Å². The third-order valence-electron chi connectivity index (χ3n) is 2.49. The van der Waals surface area contributed by atoms with Gasteiger partial charge in [0.25, 0.3) is 5.91 Å². The van der Waals surface area contributed by atoms with Gasteiger partial charge in [-0.25, -0.2) is 9.67 Å². The van der Waals surface area contributed by atoms with Crippen molar-refractivity contribution in [3.05, 3.63) is 53.2 Å². The van der Waals surface area contributed by atoms with Gasteiger partial charge in [-0.3, -0.25) is 4.79 Å². The van der Waals surface area contributed by atoms with Gasteiger partial charge in [0, 0.05) is 5.38 Å². The lowest BCUT2D eigenvalue weighted by atomic mass is 10.2. The maximum absolute atomic E-state index is 12.0. The van der Waals surface area contributed by atoms with Gasteiger partial charge in [-0.1, -0.05) is 17.3 Å². The normalized spacial score (nSPS) is 10.3. The molecule has 3 rings (SSSR count). The van der Waals surface area contributed by atoms with Crippen LogP contribution in [0.3, 0.4) is 0 Å². The highest BCUT2D eigenvalue weighted by Crippen LogP contribution is 2.19. The average molecular weight is 271 g/mol. The van der Waals surface area contributed by atoms with E-state index in [1.54, 1.807) is 34.0 Å². The van der Waals surface area contributed by atoms with E-state index in [0.717, 1.165) is 5.69 Å². The van der Waals surface area contributed by atoms with Gasteiger partial charge in [-0.2, -0.15) is 0 Å². The Labute approximate surface area is 112 Å². The zero-order chi connectivity index (χ0) is 13.1. The van der Waals surface area contributed by atoms with E-state index in [9.17, 15) is 4.79 Å². The molecule has 0 fully saturated rings. The van der Waals surface area contributed by atoms with Crippen LogP contribution in [-0.2, 0) is 0 Å². The number of nitrogens with zero attached hydrogens (tertiary/aromatic N) is 4. The molecular weight excluding hydrogens is 262 g/mol. The topological polar surface area (TPSA) is 72.7 Å². The van der Waals surface area contributed by atoms with Crippen LogP contribution in [0.5, 0.6) is 0 Å². The number of thiazole rings is 1. The standard InChI is InChI=1S/C12H9N5OS/c18-12(10-7-19-8-13-10)15-9-3-1-2-4-11(9)17-6-5-14-16-17/h1-8H,(H,15,18). The molecule has 0 saturated heterocycles. The van der Waals surface area contributed by atoms with Crippen molar-refractivity contribution in [2.45, 2.75) is 0 Å². The molecule has 0 radical (unpaired) electrons. The lowest BCUT2D eigenvalue weighted by molar-refractivity contribution is 0.102. The number of aromatic nitrogens is 4. The number of amides is 1. The maximum Gasteiger partial charge on any atom is 0.275 e. The van der Waals surface area contributed by atoms with E-state index in [1.165, 1.54) is 11.3 Å². The monoisotopic (exact) mass is 271 g/mol. The second kappa shape index (κ2) is 4.99. The highest BCUT2D eigenvalue weighted by atomic mass is 32.1. The Morgan fingerprint density at radius 3 is 2.95 bits per heavy atom. The molecule has 0 saturated carbocycles. The van der Waals surface area contributed by atoms with Crippen molar-refractivity contribution in [1.82, 2.24) is 20.0 Å². The summed E-state index contributed by atoms with van der Waals surface area (Å²) in [6.07, 6.45) is 3.30. The van der Waals surface area contributed by atoms with Crippen LogP contribution in [0.4, 0.5) is 5.69 Å². The second-order valence-electron chi connectivity index (χ2n) is 3.69. The number of carbonyl (C=O) groups is 1. The molecule has 0 aliphatic heterocycles. The first-order valence-electron chi connectivity index (χ1n) is 5.50. The van der Waals surface area contributed by atoms with E-state index in [-0.39, 0.29) is 5.91 Å². The zero-order valence-corrected chi connectivity index (χ0v) is 10.5. The molecule has 0 spiro atoms. The molecule has 0 unspecified atom stereocenters. The number of carbonyl (C=O) groups excluding carboxylic acids is 1. The lowest BCUT2D eigenvalue weighted by Crippen LogP contribution is -2.14. The Bertz CT molecular complexity index is 678. The molecular formula is C12H9N5OS. The molecule has 19 heavy (non-hydrogen) atoms. The largest absolute Gasteiger partial charge is 0.319 e. The predicted molar refractivity (Wildman–Crippen MR) is 71.4 cm³/mol. The van der Waals surface area contributed by atoms with Crippen LogP contribution in [0, 0.1) is 0 Å². The lowest BCUT2D eigenvalue weighted by Gasteiger charge is -2.09. The van der Waals surface area contributed by atoms with Gasteiger partial charge < -0.3 is 5.32 Å². The van der Waals surface area contributed by atoms with Crippen molar-refractivity contribution in [1.29, 1.82) is 0 Å². The smallest absolute Gasteiger partial charge is 0.275 e. The molecule has 1 amide bonds. The summed E-state index contributed by atoms with van der Waals surface area (Å²) in [5.74, 6) is -0.242. The number of anilines is 1. The molecule has 0 aliphatic carbocycles. The zero-order valence-electron chi connectivity index (χ0n) is 9.72. The number of para-hydroxylation sites is 2. The first-order valence-corrected chi connectivity index (χ1v) is 6.44. The Hall–Kier alpha value is -2.54. The minimum Gasteiger partial charge on any atom is -0.319 e. The summed E-state index contributed by atoms with van der Waals surface area (Å²) in [6, 6.07) is 7.37. The van der Waals surface area contributed by atoms with Crippen molar-refractivity contribution in [3.63, 3.8) is 0 Å². The van der Waals surface area contributed by atoms with Crippen molar-refractivity contribution in [2.24, 2.45) is 0 Å². The van der Waals surface area contributed by atoms with Gasteiger partial charge in [0.2, 0.25) is 0 Å². The Kier molecular flexibility index (Phi) is 3.03. The van der Waals surface area contributed by atoms with E-state index in [1.807, 2.05) is 18.2 Å². The molecule has 0 aliphatic rings. The van der Waals surface area contributed by atoms with Crippen LogP contribution in [0.1, 0.15) is 10.5 Å². The average Bonchev–Trinajstić information content (AvgIpc) is 3.13. The molecule has 0 bridgehead atoms. The van der Waals surface area contributed by atoms with E-state index < -0.39 is 0 Å². The summed E-state index contributed by atoms with van der Waals surface area (Å²) in [4.78, 5) is 16.0. The van der Waals surface area contributed by atoms with Crippen LogP contribution in [-0.4, -0.2) is 25.9 Å². The molecule has 94 valence electrons.